The van der Waals surface area contributed by atoms with Crippen LogP contribution in [0, 0.1) is 11.8 Å². The average molecular weight is 199 g/mol. The van der Waals surface area contributed by atoms with Crippen LogP contribution in [0.25, 0.3) is 0 Å². The number of ether oxygens (including phenoxy) is 1. The first kappa shape index (κ1) is 11.5. The summed E-state index contributed by atoms with van der Waals surface area (Å²) in [5.74, 6) is 0.882. The van der Waals surface area contributed by atoms with Gasteiger partial charge in [0, 0.05) is 0 Å². The first-order valence-electron chi connectivity index (χ1n) is 5.46. The highest BCUT2D eigenvalue weighted by Crippen LogP contribution is 2.24. The predicted molar refractivity (Wildman–Crippen MR) is 56.0 cm³/mol. The van der Waals surface area contributed by atoms with Gasteiger partial charge in [-0.2, -0.15) is 0 Å². The molecule has 82 valence electrons. The van der Waals surface area contributed by atoms with Gasteiger partial charge in [-0.3, -0.25) is 4.79 Å². The smallest absolute Gasteiger partial charge is 0.323 e. The summed E-state index contributed by atoms with van der Waals surface area (Å²) in [7, 11) is 0. The van der Waals surface area contributed by atoms with Gasteiger partial charge < -0.3 is 10.1 Å². The third kappa shape index (κ3) is 2.71. The number of rotatable bonds is 3. The zero-order chi connectivity index (χ0) is 10.7. The molecule has 0 amide bonds. The van der Waals surface area contributed by atoms with Crippen LogP contribution in [0.1, 0.15) is 34.1 Å². The maximum atomic E-state index is 11.7. The van der Waals surface area contributed by atoms with Gasteiger partial charge in [0.25, 0.3) is 0 Å². The number of hydrogen-bond acceptors (Lipinski definition) is 3. The van der Waals surface area contributed by atoms with Crippen molar-refractivity contribution in [3.05, 3.63) is 0 Å². The van der Waals surface area contributed by atoms with Gasteiger partial charge in [-0.1, -0.05) is 13.8 Å². The summed E-state index contributed by atoms with van der Waals surface area (Å²) >= 11 is 0. The summed E-state index contributed by atoms with van der Waals surface area (Å²) < 4.78 is 5.21. The molecule has 1 fully saturated rings. The molecule has 1 N–H and O–H groups in total. The standard InChI is InChI=1S/C11H21NO2/c1-7(2)9-5-6-12-10(9)11(13)14-8(3)4/h7-10,12H,5-6H2,1-4H3. The average Bonchev–Trinajstić information content (AvgIpc) is 2.49. The predicted octanol–water partition coefficient (Wildman–Crippen LogP) is 1.57. The molecule has 0 radical (unpaired) electrons. The third-order valence-corrected chi connectivity index (χ3v) is 2.73. The third-order valence-electron chi connectivity index (χ3n) is 2.73. The second-order valence-corrected chi connectivity index (χ2v) is 4.61. The van der Waals surface area contributed by atoms with E-state index in [2.05, 4.69) is 19.2 Å². The van der Waals surface area contributed by atoms with E-state index >= 15 is 0 Å². The van der Waals surface area contributed by atoms with E-state index in [9.17, 15) is 4.79 Å². The highest BCUT2D eigenvalue weighted by Gasteiger charge is 2.35. The fraction of sp³-hybridized carbons (Fsp3) is 0.909. The van der Waals surface area contributed by atoms with Gasteiger partial charge in [-0.25, -0.2) is 0 Å². The summed E-state index contributed by atoms with van der Waals surface area (Å²) in [4.78, 5) is 11.7. The van der Waals surface area contributed by atoms with Crippen molar-refractivity contribution in [2.45, 2.75) is 46.3 Å². The lowest BCUT2D eigenvalue weighted by Crippen LogP contribution is -2.39. The van der Waals surface area contributed by atoms with Crippen molar-refractivity contribution < 1.29 is 9.53 Å². The molecule has 0 aliphatic carbocycles. The second kappa shape index (κ2) is 4.78. The summed E-state index contributed by atoms with van der Waals surface area (Å²) in [6.45, 7) is 9.02. The molecule has 1 heterocycles. The molecule has 2 atom stereocenters. The minimum absolute atomic E-state index is 0.0160. The number of nitrogens with one attached hydrogen (secondary N) is 1. The Morgan fingerprint density at radius 2 is 2.00 bits per heavy atom. The van der Waals surface area contributed by atoms with Gasteiger partial charge in [0.2, 0.25) is 0 Å². The largest absolute Gasteiger partial charge is 0.462 e. The van der Waals surface area contributed by atoms with Crippen molar-refractivity contribution in [1.82, 2.24) is 5.32 Å². The molecule has 0 bridgehead atoms. The van der Waals surface area contributed by atoms with Crippen LogP contribution in [0.5, 0.6) is 0 Å². The van der Waals surface area contributed by atoms with Crippen LogP contribution in [0.15, 0.2) is 0 Å². The Bertz CT molecular complexity index is 201. The summed E-state index contributed by atoms with van der Waals surface area (Å²) in [6.07, 6.45) is 1.06. The van der Waals surface area contributed by atoms with Gasteiger partial charge >= 0.3 is 5.97 Å². The van der Waals surface area contributed by atoms with Crippen molar-refractivity contribution in [3.63, 3.8) is 0 Å². The fourth-order valence-corrected chi connectivity index (χ4v) is 2.01. The Balaban J connectivity index is 2.53. The van der Waals surface area contributed by atoms with E-state index in [1.807, 2.05) is 13.8 Å². The molecular formula is C11H21NO2. The summed E-state index contributed by atoms with van der Waals surface area (Å²) in [5.41, 5.74) is 0. The topological polar surface area (TPSA) is 38.3 Å². The van der Waals surface area contributed by atoms with Gasteiger partial charge in [-0.05, 0) is 38.6 Å². The van der Waals surface area contributed by atoms with Gasteiger partial charge in [0.1, 0.15) is 6.04 Å². The zero-order valence-electron chi connectivity index (χ0n) is 9.54. The lowest BCUT2D eigenvalue weighted by molar-refractivity contribution is -0.151. The Kier molecular flexibility index (Phi) is 3.93. The van der Waals surface area contributed by atoms with E-state index in [1.165, 1.54) is 0 Å². The van der Waals surface area contributed by atoms with E-state index in [0.29, 0.717) is 11.8 Å². The SMILES string of the molecule is CC(C)OC(=O)C1NCCC1C(C)C. The van der Waals surface area contributed by atoms with Crippen LogP contribution < -0.4 is 5.32 Å². The molecule has 0 spiro atoms. The maximum absolute atomic E-state index is 11.7. The second-order valence-electron chi connectivity index (χ2n) is 4.61. The minimum atomic E-state index is -0.0869. The highest BCUT2D eigenvalue weighted by molar-refractivity contribution is 5.76. The highest BCUT2D eigenvalue weighted by atomic mass is 16.5. The van der Waals surface area contributed by atoms with Crippen LogP contribution in [-0.4, -0.2) is 24.7 Å². The van der Waals surface area contributed by atoms with E-state index in [-0.39, 0.29) is 18.1 Å². The first-order chi connectivity index (χ1) is 6.52. The van der Waals surface area contributed by atoms with E-state index in [0.717, 1.165) is 13.0 Å². The Morgan fingerprint density at radius 1 is 1.36 bits per heavy atom. The lowest BCUT2D eigenvalue weighted by Gasteiger charge is -2.22. The van der Waals surface area contributed by atoms with E-state index < -0.39 is 0 Å². The normalized spacial score (nSPS) is 27.3. The van der Waals surface area contributed by atoms with E-state index in [4.69, 9.17) is 4.74 Å². The number of esters is 1. The molecule has 0 aromatic rings. The molecule has 1 saturated heterocycles. The minimum Gasteiger partial charge on any atom is -0.462 e. The van der Waals surface area contributed by atoms with Crippen molar-refractivity contribution >= 4 is 5.97 Å². The van der Waals surface area contributed by atoms with Gasteiger partial charge in [0.05, 0.1) is 6.10 Å². The van der Waals surface area contributed by atoms with Crippen molar-refractivity contribution in [2.75, 3.05) is 6.54 Å². The first-order valence-corrected chi connectivity index (χ1v) is 5.46. The van der Waals surface area contributed by atoms with Gasteiger partial charge in [-0.15, -0.1) is 0 Å². The number of carbonyl (C=O) groups is 1. The molecule has 0 saturated carbocycles. The van der Waals surface area contributed by atoms with Crippen molar-refractivity contribution in [2.24, 2.45) is 11.8 Å². The molecule has 14 heavy (non-hydrogen) atoms. The molecule has 3 nitrogen and oxygen atoms in total. The monoisotopic (exact) mass is 199 g/mol. The number of carbonyl (C=O) groups excluding carboxylic acids is 1. The molecule has 0 aromatic heterocycles. The molecule has 2 unspecified atom stereocenters. The quantitative estimate of drug-likeness (QED) is 0.701. The zero-order valence-corrected chi connectivity index (χ0v) is 9.54. The van der Waals surface area contributed by atoms with Crippen LogP contribution in [0.4, 0.5) is 0 Å². The molecule has 3 heteroatoms. The lowest BCUT2D eigenvalue weighted by atomic mass is 9.89. The molecular weight excluding hydrogens is 178 g/mol. The molecule has 1 aliphatic heterocycles. The fourth-order valence-electron chi connectivity index (χ4n) is 2.01. The number of hydrogen-bond donors (Lipinski definition) is 1. The summed E-state index contributed by atoms with van der Waals surface area (Å²) in [5, 5.41) is 3.22. The molecule has 1 rings (SSSR count). The van der Waals surface area contributed by atoms with Crippen LogP contribution in [0.3, 0.4) is 0 Å². The van der Waals surface area contributed by atoms with Crippen molar-refractivity contribution in [3.8, 4) is 0 Å². The van der Waals surface area contributed by atoms with Crippen LogP contribution in [-0.2, 0) is 9.53 Å². The van der Waals surface area contributed by atoms with Crippen molar-refractivity contribution in [1.29, 1.82) is 0 Å². The van der Waals surface area contributed by atoms with Crippen LogP contribution in [0.2, 0.25) is 0 Å². The molecule has 1 aliphatic rings. The van der Waals surface area contributed by atoms with Gasteiger partial charge in [0.15, 0.2) is 0 Å². The Labute approximate surface area is 86.2 Å². The molecule has 0 aromatic carbocycles. The van der Waals surface area contributed by atoms with E-state index in [1.54, 1.807) is 0 Å². The maximum Gasteiger partial charge on any atom is 0.323 e. The van der Waals surface area contributed by atoms with Crippen LogP contribution >= 0.6 is 0 Å². The Hall–Kier alpha value is -0.570. The summed E-state index contributed by atoms with van der Waals surface area (Å²) in [6, 6.07) is -0.0857. The Morgan fingerprint density at radius 3 is 2.50 bits per heavy atom.